The Kier molecular flexibility index (Phi) is 4.36. The van der Waals surface area contributed by atoms with Crippen LogP contribution in [0.5, 0.6) is 0 Å². The lowest BCUT2D eigenvalue weighted by atomic mass is 10.1. The van der Waals surface area contributed by atoms with Gasteiger partial charge in [-0.1, -0.05) is 29.4 Å². The summed E-state index contributed by atoms with van der Waals surface area (Å²) in [6.45, 7) is 0. The number of sulfone groups is 1. The lowest BCUT2D eigenvalue weighted by molar-refractivity contribution is 0.433. The highest BCUT2D eigenvalue weighted by Gasteiger charge is 2.36. The van der Waals surface area contributed by atoms with E-state index in [1.807, 2.05) is 12.1 Å². The van der Waals surface area contributed by atoms with E-state index in [2.05, 4.69) is 21.3 Å². The van der Waals surface area contributed by atoms with E-state index >= 15 is 0 Å². The van der Waals surface area contributed by atoms with E-state index in [9.17, 15) is 8.42 Å². The summed E-state index contributed by atoms with van der Waals surface area (Å²) in [7, 11) is -3.22. The van der Waals surface area contributed by atoms with Crippen LogP contribution in [-0.4, -0.2) is 28.8 Å². The van der Waals surface area contributed by atoms with Crippen LogP contribution in [0.2, 0.25) is 0 Å². The Labute approximate surface area is 173 Å². The number of rotatable bonds is 5. The second kappa shape index (κ2) is 7.07. The zero-order chi connectivity index (χ0) is 20.7. The van der Waals surface area contributed by atoms with Gasteiger partial charge in [-0.2, -0.15) is 0 Å². The molecule has 0 amide bonds. The fraction of sp³-hybridized carbons (Fsp3) is 0.136. The number of aromatic nitrogens is 3. The van der Waals surface area contributed by atoms with Gasteiger partial charge in [-0.15, -0.1) is 0 Å². The second-order valence-corrected chi connectivity index (χ2v) is 9.41. The third-order valence-electron chi connectivity index (χ3n) is 4.98. The number of hydrogen-bond donors (Lipinski definition) is 1. The average molecular weight is 417 g/mol. The highest BCUT2D eigenvalue weighted by molar-refractivity contribution is 7.92. The number of anilines is 1. The lowest BCUT2D eigenvalue weighted by Crippen LogP contribution is -2.06. The van der Waals surface area contributed by atoms with Crippen molar-refractivity contribution in [1.29, 1.82) is 0 Å². The molecule has 2 heterocycles. The molecule has 149 valence electrons. The number of hydrogen-bond acceptors (Lipinski definition) is 7. The molecular formula is C22H17N4O3S. The van der Waals surface area contributed by atoms with Crippen LogP contribution >= 0.6 is 0 Å². The van der Waals surface area contributed by atoms with Crippen molar-refractivity contribution in [2.45, 2.75) is 23.0 Å². The Balaban J connectivity index is 1.43. The summed E-state index contributed by atoms with van der Waals surface area (Å²) in [4.78, 5) is 9.02. The molecule has 30 heavy (non-hydrogen) atoms. The third-order valence-corrected chi connectivity index (χ3v) is 7.26. The minimum atomic E-state index is -3.22. The van der Waals surface area contributed by atoms with Crippen LogP contribution in [0.15, 0.2) is 70.2 Å². The van der Waals surface area contributed by atoms with Crippen LogP contribution in [0.1, 0.15) is 12.8 Å². The van der Waals surface area contributed by atoms with Crippen LogP contribution in [0.3, 0.4) is 0 Å². The SMILES string of the molecule is Nc1ccc(-c2cc(-c3[c]ncc(-c4ccc(S(=O)(=O)C5CC5)cc4)n3)on2)cc1. The predicted octanol–water partition coefficient (Wildman–Crippen LogP) is 3.78. The smallest absolute Gasteiger partial charge is 0.188 e. The first-order valence-electron chi connectivity index (χ1n) is 9.43. The van der Waals surface area contributed by atoms with E-state index in [-0.39, 0.29) is 5.25 Å². The van der Waals surface area contributed by atoms with E-state index in [0.717, 1.165) is 24.0 Å². The zero-order valence-corrected chi connectivity index (χ0v) is 16.6. The first-order chi connectivity index (χ1) is 14.5. The Morgan fingerprint density at radius 1 is 0.967 bits per heavy atom. The number of nitrogen functional groups attached to an aromatic ring is 1. The summed E-state index contributed by atoms with van der Waals surface area (Å²) in [5.41, 5.74) is 9.68. The van der Waals surface area contributed by atoms with Gasteiger partial charge in [0.25, 0.3) is 0 Å². The van der Waals surface area contributed by atoms with Gasteiger partial charge in [0.2, 0.25) is 0 Å². The van der Waals surface area contributed by atoms with Gasteiger partial charge in [0.1, 0.15) is 17.6 Å². The van der Waals surface area contributed by atoms with Gasteiger partial charge in [0.15, 0.2) is 15.6 Å². The van der Waals surface area contributed by atoms with E-state index in [1.165, 1.54) is 0 Å². The molecule has 0 unspecified atom stereocenters. The Morgan fingerprint density at radius 2 is 1.63 bits per heavy atom. The van der Waals surface area contributed by atoms with Crippen molar-refractivity contribution in [3.05, 3.63) is 67.0 Å². The Morgan fingerprint density at radius 3 is 2.33 bits per heavy atom. The second-order valence-electron chi connectivity index (χ2n) is 7.18. The summed E-state index contributed by atoms with van der Waals surface area (Å²) in [6.07, 6.45) is 5.87. The van der Waals surface area contributed by atoms with Crippen LogP contribution < -0.4 is 5.73 Å². The molecule has 0 saturated heterocycles. The maximum atomic E-state index is 12.4. The van der Waals surface area contributed by atoms with E-state index in [0.29, 0.717) is 33.4 Å². The minimum absolute atomic E-state index is 0.234. The summed E-state index contributed by atoms with van der Waals surface area (Å²) in [5, 5.41) is 3.85. The van der Waals surface area contributed by atoms with Crippen LogP contribution in [0, 0.1) is 6.20 Å². The molecule has 0 atom stereocenters. The maximum Gasteiger partial charge on any atom is 0.188 e. The first-order valence-corrected chi connectivity index (χ1v) is 11.0. The quantitative estimate of drug-likeness (QED) is 0.492. The number of nitrogens with zero attached hydrogens (tertiary/aromatic N) is 3. The van der Waals surface area contributed by atoms with Gasteiger partial charge in [-0.05, 0) is 37.1 Å². The molecule has 8 heteroatoms. The van der Waals surface area contributed by atoms with Crippen molar-refractivity contribution >= 4 is 15.5 Å². The molecule has 1 fully saturated rings. The molecule has 1 aliphatic carbocycles. The molecular weight excluding hydrogens is 400 g/mol. The van der Waals surface area contributed by atoms with Crippen LogP contribution in [0.25, 0.3) is 34.0 Å². The van der Waals surface area contributed by atoms with Crippen molar-refractivity contribution in [3.8, 4) is 34.0 Å². The van der Waals surface area contributed by atoms with E-state index in [1.54, 1.807) is 48.7 Å². The van der Waals surface area contributed by atoms with E-state index < -0.39 is 9.84 Å². The predicted molar refractivity (Wildman–Crippen MR) is 112 cm³/mol. The Bertz CT molecular complexity index is 1310. The molecule has 0 aliphatic heterocycles. The molecule has 2 aromatic carbocycles. The molecule has 0 spiro atoms. The van der Waals surface area contributed by atoms with Crippen molar-refractivity contribution in [2.24, 2.45) is 0 Å². The fourth-order valence-electron chi connectivity index (χ4n) is 3.14. The molecule has 4 aromatic rings. The third kappa shape index (κ3) is 3.46. The largest absolute Gasteiger partial charge is 0.399 e. The van der Waals surface area contributed by atoms with Gasteiger partial charge < -0.3 is 10.3 Å². The van der Waals surface area contributed by atoms with Gasteiger partial charge >= 0.3 is 0 Å². The van der Waals surface area contributed by atoms with Crippen LogP contribution in [0.4, 0.5) is 5.69 Å². The number of nitrogens with two attached hydrogens (primary N) is 1. The Hall–Kier alpha value is -3.52. The highest BCUT2D eigenvalue weighted by atomic mass is 32.2. The molecule has 0 bridgehead atoms. The van der Waals surface area contributed by atoms with Gasteiger partial charge in [0.05, 0.1) is 22.0 Å². The molecule has 1 radical (unpaired) electrons. The molecule has 2 aromatic heterocycles. The van der Waals surface area contributed by atoms with Crippen LogP contribution in [-0.2, 0) is 9.84 Å². The highest BCUT2D eigenvalue weighted by Crippen LogP contribution is 2.34. The average Bonchev–Trinajstić information content (AvgIpc) is 3.53. The molecule has 1 aliphatic rings. The molecule has 1 saturated carbocycles. The van der Waals surface area contributed by atoms with Crippen molar-refractivity contribution in [1.82, 2.24) is 15.1 Å². The lowest BCUT2D eigenvalue weighted by Gasteiger charge is -2.05. The van der Waals surface area contributed by atoms with Crippen molar-refractivity contribution in [2.75, 3.05) is 5.73 Å². The first kappa shape index (κ1) is 18.5. The van der Waals surface area contributed by atoms with E-state index in [4.69, 9.17) is 10.3 Å². The molecule has 5 rings (SSSR count). The summed E-state index contributed by atoms with van der Waals surface area (Å²) >= 11 is 0. The standard InChI is InChI=1S/C22H17N4O3S/c23-16-5-1-14(2-6-16)19-11-22(29-26-19)21-13-24-12-20(25-21)15-3-7-17(8-4-15)30(27,28)18-9-10-18/h1-8,11-12,18H,9-10,23H2. The minimum Gasteiger partial charge on any atom is -0.399 e. The van der Waals surface area contributed by atoms with Gasteiger partial charge in [-0.3, -0.25) is 0 Å². The molecule has 2 N–H and O–H groups in total. The summed E-state index contributed by atoms with van der Waals surface area (Å²) in [5.74, 6) is 0.434. The summed E-state index contributed by atoms with van der Waals surface area (Å²) < 4.78 is 30.1. The van der Waals surface area contributed by atoms with Gasteiger partial charge in [-0.25, -0.2) is 18.4 Å². The summed E-state index contributed by atoms with van der Waals surface area (Å²) in [6, 6.07) is 15.8. The number of benzene rings is 2. The topological polar surface area (TPSA) is 112 Å². The maximum absolute atomic E-state index is 12.4. The molecule has 7 nitrogen and oxygen atoms in total. The van der Waals surface area contributed by atoms with Gasteiger partial charge in [0, 0.05) is 22.9 Å². The monoisotopic (exact) mass is 417 g/mol. The normalized spacial score (nSPS) is 14.0. The van der Waals surface area contributed by atoms with Crippen molar-refractivity contribution < 1.29 is 12.9 Å². The van der Waals surface area contributed by atoms with Crippen molar-refractivity contribution in [3.63, 3.8) is 0 Å². The zero-order valence-electron chi connectivity index (χ0n) is 15.8. The fourth-order valence-corrected chi connectivity index (χ4v) is 4.80.